The molecule has 1 unspecified atom stereocenters. The molecular weight excluding hydrogens is 328 g/mol. The molecule has 0 saturated carbocycles. The van der Waals surface area contributed by atoms with E-state index in [1.807, 2.05) is 25.1 Å². The number of aliphatic hydroxyl groups is 1. The maximum Gasteiger partial charge on any atom is 0.251 e. The van der Waals surface area contributed by atoms with E-state index in [1.165, 1.54) is 0 Å². The molecule has 1 rings (SSSR count). The SMILES string of the molecule is CCNC(=NCc1cccc(C(=O)NC)c1)NCC(CCO)CC(C)C. The minimum Gasteiger partial charge on any atom is -0.396 e. The van der Waals surface area contributed by atoms with Gasteiger partial charge in [0.2, 0.25) is 0 Å². The maximum atomic E-state index is 11.7. The van der Waals surface area contributed by atoms with Crippen molar-refractivity contribution in [3.63, 3.8) is 0 Å². The fourth-order valence-electron chi connectivity index (χ4n) is 2.86. The molecule has 0 fully saturated rings. The van der Waals surface area contributed by atoms with Gasteiger partial charge < -0.3 is 21.1 Å². The molecule has 0 bridgehead atoms. The summed E-state index contributed by atoms with van der Waals surface area (Å²) >= 11 is 0. The van der Waals surface area contributed by atoms with E-state index in [0.717, 1.165) is 37.5 Å². The highest BCUT2D eigenvalue weighted by molar-refractivity contribution is 5.94. The molecule has 6 nitrogen and oxygen atoms in total. The highest BCUT2D eigenvalue weighted by Gasteiger charge is 2.11. The summed E-state index contributed by atoms with van der Waals surface area (Å²) in [5.74, 6) is 1.67. The molecule has 0 aromatic heterocycles. The van der Waals surface area contributed by atoms with Crippen LogP contribution in [0, 0.1) is 11.8 Å². The van der Waals surface area contributed by atoms with Crippen LogP contribution in [0.5, 0.6) is 0 Å². The average molecular weight is 363 g/mol. The number of aliphatic imine (C=N–C) groups is 1. The van der Waals surface area contributed by atoms with Gasteiger partial charge in [0.1, 0.15) is 0 Å². The molecule has 6 heteroatoms. The van der Waals surface area contributed by atoms with Gasteiger partial charge in [-0.05, 0) is 49.3 Å². The molecule has 26 heavy (non-hydrogen) atoms. The van der Waals surface area contributed by atoms with Crippen LogP contribution >= 0.6 is 0 Å². The average Bonchev–Trinajstić information content (AvgIpc) is 2.63. The number of carbonyl (C=O) groups is 1. The van der Waals surface area contributed by atoms with Crippen LogP contribution in [0.3, 0.4) is 0 Å². The largest absolute Gasteiger partial charge is 0.396 e. The number of rotatable bonds is 10. The molecule has 0 aliphatic rings. The lowest BCUT2D eigenvalue weighted by Gasteiger charge is -2.20. The van der Waals surface area contributed by atoms with Crippen LogP contribution in [0.1, 0.15) is 49.5 Å². The quantitative estimate of drug-likeness (QED) is 0.379. The van der Waals surface area contributed by atoms with Crippen LogP contribution < -0.4 is 16.0 Å². The summed E-state index contributed by atoms with van der Waals surface area (Å²) < 4.78 is 0. The number of hydrogen-bond donors (Lipinski definition) is 4. The Kier molecular flexibility index (Phi) is 10.4. The zero-order valence-electron chi connectivity index (χ0n) is 16.5. The summed E-state index contributed by atoms with van der Waals surface area (Å²) in [5, 5.41) is 18.5. The number of nitrogens with zero attached hydrogens (tertiary/aromatic N) is 1. The van der Waals surface area contributed by atoms with Crippen LogP contribution in [0.15, 0.2) is 29.3 Å². The van der Waals surface area contributed by atoms with Crippen LogP contribution in [0.2, 0.25) is 0 Å². The van der Waals surface area contributed by atoms with Crippen LogP contribution in [-0.2, 0) is 6.54 Å². The first-order chi connectivity index (χ1) is 12.5. The number of nitrogens with one attached hydrogen (secondary N) is 3. The van der Waals surface area contributed by atoms with Crippen molar-refractivity contribution < 1.29 is 9.90 Å². The lowest BCUT2D eigenvalue weighted by molar-refractivity contribution is 0.0963. The van der Waals surface area contributed by atoms with Gasteiger partial charge in [-0.1, -0.05) is 26.0 Å². The summed E-state index contributed by atoms with van der Waals surface area (Å²) in [7, 11) is 1.63. The highest BCUT2D eigenvalue weighted by Crippen LogP contribution is 2.14. The Morgan fingerprint density at radius 1 is 1.27 bits per heavy atom. The van der Waals surface area contributed by atoms with E-state index >= 15 is 0 Å². The summed E-state index contributed by atoms with van der Waals surface area (Å²) in [6.07, 6.45) is 1.86. The molecule has 0 saturated heterocycles. The first-order valence-corrected chi connectivity index (χ1v) is 9.44. The van der Waals surface area contributed by atoms with Gasteiger partial charge in [-0.25, -0.2) is 4.99 Å². The van der Waals surface area contributed by atoms with E-state index in [-0.39, 0.29) is 12.5 Å². The standard InChI is InChI=1S/C20H34N4O2/c1-5-22-20(24-14-17(9-10-25)11-15(2)3)23-13-16-7-6-8-18(12-16)19(26)21-4/h6-8,12,15,17,25H,5,9-11,13-14H2,1-4H3,(H,21,26)(H2,22,23,24). The third kappa shape index (κ3) is 8.34. The van der Waals surface area contributed by atoms with E-state index < -0.39 is 0 Å². The normalized spacial score (nSPS) is 12.8. The Labute approximate surface area is 157 Å². The molecule has 0 radical (unpaired) electrons. The molecular formula is C20H34N4O2. The van der Waals surface area contributed by atoms with Gasteiger partial charge >= 0.3 is 0 Å². The molecule has 4 N–H and O–H groups in total. The summed E-state index contributed by atoms with van der Waals surface area (Å²) in [6.45, 7) is 8.69. The fraction of sp³-hybridized carbons (Fsp3) is 0.600. The van der Waals surface area contributed by atoms with E-state index in [1.54, 1.807) is 13.1 Å². The van der Waals surface area contributed by atoms with Crippen LogP contribution in [0.4, 0.5) is 0 Å². The maximum absolute atomic E-state index is 11.7. The second-order valence-electron chi connectivity index (χ2n) is 6.86. The van der Waals surface area contributed by atoms with Gasteiger partial charge in [0.15, 0.2) is 5.96 Å². The van der Waals surface area contributed by atoms with Crippen molar-refractivity contribution in [2.24, 2.45) is 16.8 Å². The minimum absolute atomic E-state index is 0.0959. The number of amides is 1. The Morgan fingerprint density at radius 3 is 2.65 bits per heavy atom. The summed E-state index contributed by atoms with van der Waals surface area (Å²) in [4.78, 5) is 16.4. The topological polar surface area (TPSA) is 85.8 Å². The van der Waals surface area contributed by atoms with Gasteiger partial charge in [0.25, 0.3) is 5.91 Å². The van der Waals surface area contributed by atoms with Gasteiger partial charge in [0, 0.05) is 32.3 Å². The van der Waals surface area contributed by atoms with E-state index in [9.17, 15) is 9.90 Å². The molecule has 0 aliphatic heterocycles. The monoisotopic (exact) mass is 362 g/mol. The second-order valence-corrected chi connectivity index (χ2v) is 6.86. The molecule has 1 atom stereocenters. The Hall–Kier alpha value is -2.08. The Bertz CT molecular complexity index is 573. The first kappa shape index (κ1) is 22.0. The van der Waals surface area contributed by atoms with Crippen molar-refractivity contribution in [3.05, 3.63) is 35.4 Å². The third-order valence-electron chi connectivity index (χ3n) is 4.08. The lowest BCUT2D eigenvalue weighted by Crippen LogP contribution is -2.40. The van der Waals surface area contributed by atoms with Crippen molar-refractivity contribution in [3.8, 4) is 0 Å². The van der Waals surface area contributed by atoms with E-state index in [2.05, 4.69) is 34.8 Å². The molecule has 1 aromatic rings. The predicted octanol–water partition coefficient (Wildman–Crippen LogP) is 2.15. The third-order valence-corrected chi connectivity index (χ3v) is 4.08. The molecule has 0 aliphatic carbocycles. The molecule has 146 valence electrons. The second kappa shape index (κ2) is 12.3. The van der Waals surface area contributed by atoms with Crippen LogP contribution in [-0.4, -0.2) is 43.7 Å². The lowest BCUT2D eigenvalue weighted by atomic mass is 9.94. The van der Waals surface area contributed by atoms with Crippen molar-refractivity contribution >= 4 is 11.9 Å². The number of aliphatic hydroxyl groups excluding tert-OH is 1. The molecule has 1 amide bonds. The molecule has 1 aromatic carbocycles. The van der Waals surface area contributed by atoms with E-state index in [0.29, 0.717) is 23.9 Å². The fourth-order valence-corrected chi connectivity index (χ4v) is 2.86. The van der Waals surface area contributed by atoms with Gasteiger partial charge in [-0.3, -0.25) is 4.79 Å². The zero-order chi connectivity index (χ0) is 19.4. The van der Waals surface area contributed by atoms with Gasteiger partial charge in [-0.2, -0.15) is 0 Å². The minimum atomic E-state index is -0.0959. The van der Waals surface area contributed by atoms with Crippen LogP contribution in [0.25, 0.3) is 0 Å². The highest BCUT2D eigenvalue weighted by atomic mass is 16.3. The number of benzene rings is 1. The van der Waals surface area contributed by atoms with Gasteiger partial charge in [-0.15, -0.1) is 0 Å². The van der Waals surface area contributed by atoms with Crippen molar-refractivity contribution in [2.75, 3.05) is 26.7 Å². The summed E-state index contributed by atoms with van der Waals surface area (Å²) in [5.41, 5.74) is 1.62. The number of hydrogen-bond acceptors (Lipinski definition) is 3. The smallest absolute Gasteiger partial charge is 0.251 e. The van der Waals surface area contributed by atoms with E-state index in [4.69, 9.17) is 0 Å². The molecule has 0 heterocycles. The Balaban J connectivity index is 2.71. The zero-order valence-corrected chi connectivity index (χ0v) is 16.5. The Morgan fingerprint density at radius 2 is 2.04 bits per heavy atom. The van der Waals surface area contributed by atoms with Crippen molar-refractivity contribution in [1.82, 2.24) is 16.0 Å². The number of guanidine groups is 1. The predicted molar refractivity (Wildman–Crippen MR) is 107 cm³/mol. The first-order valence-electron chi connectivity index (χ1n) is 9.44. The van der Waals surface area contributed by atoms with Crippen molar-refractivity contribution in [1.29, 1.82) is 0 Å². The van der Waals surface area contributed by atoms with Gasteiger partial charge in [0.05, 0.1) is 6.54 Å². The molecule has 0 spiro atoms. The summed E-state index contributed by atoms with van der Waals surface area (Å²) in [6, 6.07) is 7.49. The number of carbonyl (C=O) groups excluding carboxylic acids is 1. The van der Waals surface area contributed by atoms with Crippen molar-refractivity contribution in [2.45, 2.75) is 40.2 Å².